The van der Waals surface area contributed by atoms with E-state index in [1.54, 1.807) is 0 Å². The van der Waals surface area contributed by atoms with Crippen molar-refractivity contribution in [3.05, 3.63) is 42.2 Å². The Kier molecular flexibility index (Phi) is 7.78. The molecule has 0 saturated carbocycles. The molecule has 0 radical (unpaired) electrons. The van der Waals surface area contributed by atoms with Gasteiger partial charge in [0.15, 0.2) is 0 Å². The van der Waals surface area contributed by atoms with E-state index < -0.39 is 0 Å². The van der Waals surface area contributed by atoms with Crippen molar-refractivity contribution in [1.29, 1.82) is 0 Å². The van der Waals surface area contributed by atoms with Crippen molar-refractivity contribution in [3.63, 3.8) is 0 Å². The predicted octanol–water partition coefficient (Wildman–Crippen LogP) is 4.45. The number of hydrogen-bond donors (Lipinski definition) is 0. The fourth-order valence-corrected chi connectivity index (χ4v) is 1.32. The Morgan fingerprint density at radius 1 is 0.882 bits per heavy atom. The van der Waals surface area contributed by atoms with E-state index in [9.17, 15) is 0 Å². The van der Waals surface area contributed by atoms with Crippen LogP contribution in [0.15, 0.2) is 36.7 Å². The first kappa shape index (κ1) is 15.4. The Bertz CT molecular complexity index is 399. The molecule has 0 N–H and O–H groups in total. The summed E-state index contributed by atoms with van der Waals surface area (Å²) >= 11 is 0. The smallest absolute Gasteiger partial charge is 0.0568 e. The normalized spacial score (nSPS) is 8.59. The highest BCUT2D eigenvalue weighted by Gasteiger charge is 1.98. The van der Waals surface area contributed by atoms with Crippen molar-refractivity contribution >= 4 is 0 Å². The third-order valence-electron chi connectivity index (χ3n) is 2.09. The molecule has 2 heteroatoms. The van der Waals surface area contributed by atoms with E-state index >= 15 is 0 Å². The van der Waals surface area contributed by atoms with Gasteiger partial charge in [0.1, 0.15) is 0 Å². The van der Waals surface area contributed by atoms with E-state index in [4.69, 9.17) is 0 Å². The van der Waals surface area contributed by atoms with Crippen LogP contribution in [-0.2, 0) is 7.05 Å². The Labute approximate surface area is 105 Å². The van der Waals surface area contributed by atoms with Gasteiger partial charge in [0.2, 0.25) is 0 Å². The number of benzene rings is 1. The molecule has 94 valence electrons. The summed E-state index contributed by atoms with van der Waals surface area (Å²) < 4.78 is 1.81. The van der Waals surface area contributed by atoms with Crippen LogP contribution in [0.25, 0.3) is 11.1 Å². The van der Waals surface area contributed by atoms with Crippen molar-refractivity contribution in [2.24, 2.45) is 7.05 Å². The second-order valence-corrected chi connectivity index (χ2v) is 3.27. The number of hydrogen-bond acceptors (Lipinski definition) is 1. The maximum absolute atomic E-state index is 4.13. The molecule has 2 nitrogen and oxygen atoms in total. The van der Waals surface area contributed by atoms with Crippen LogP contribution in [0.4, 0.5) is 0 Å². The second kappa shape index (κ2) is 8.57. The van der Waals surface area contributed by atoms with E-state index in [-0.39, 0.29) is 0 Å². The highest BCUT2D eigenvalue weighted by Crippen LogP contribution is 2.18. The first-order chi connectivity index (χ1) is 8.25. The van der Waals surface area contributed by atoms with Gasteiger partial charge >= 0.3 is 0 Å². The average Bonchev–Trinajstić information content (AvgIpc) is 2.82. The standard InChI is InChI=1S/C11H12N2.2C2H6/c1-9-3-5-10(6-4-9)11-7-12-13(2)8-11;2*1-2/h3-8H,1-2H3;2*1-2H3. The van der Waals surface area contributed by atoms with Gasteiger partial charge < -0.3 is 0 Å². The molecule has 0 bridgehead atoms. The predicted molar refractivity (Wildman–Crippen MR) is 76.1 cm³/mol. The van der Waals surface area contributed by atoms with E-state index in [0.717, 1.165) is 0 Å². The van der Waals surface area contributed by atoms with Gasteiger partial charge in [-0.2, -0.15) is 5.10 Å². The lowest BCUT2D eigenvalue weighted by molar-refractivity contribution is 0.768. The molecule has 1 heterocycles. The van der Waals surface area contributed by atoms with Crippen molar-refractivity contribution in [2.45, 2.75) is 34.6 Å². The molecule has 2 aromatic rings. The van der Waals surface area contributed by atoms with Crippen LogP contribution in [0.5, 0.6) is 0 Å². The van der Waals surface area contributed by atoms with Gasteiger partial charge in [-0.3, -0.25) is 4.68 Å². The van der Waals surface area contributed by atoms with Gasteiger partial charge in [-0.1, -0.05) is 57.5 Å². The fraction of sp³-hybridized carbons (Fsp3) is 0.400. The molecule has 0 fully saturated rings. The van der Waals surface area contributed by atoms with Gasteiger partial charge in [-0.05, 0) is 12.5 Å². The molecule has 1 aromatic carbocycles. The molecular formula is C15H24N2. The number of aryl methyl sites for hydroxylation is 2. The monoisotopic (exact) mass is 232 g/mol. The Balaban J connectivity index is 0.000000581. The highest BCUT2D eigenvalue weighted by molar-refractivity contribution is 5.61. The summed E-state index contributed by atoms with van der Waals surface area (Å²) in [7, 11) is 1.93. The lowest BCUT2D eigenvalue weighted by Crippen LogP contribution is -1.84. The third-order valence-corrected chi connectivity index (χ3v) is 2.09. The molecule has 0 saturated heterocycles. The summed E-state index contributed by atoms with van der Waals surface area (Å²) in [4.78, 5) is 0. The molecule has 0 aliphatic rings. The molecule has 0 aliphatic heterocycles. The highest BCUT2D eigenvalue weighted by atomic mass is 15.2. The maximum atomic E-state index is 4.13. The molecule has 1 aromatic heterocycles. The molecule has 0 aliphatic carbocycles. The van der Waals surface area contributed by atoms with E-state index in [2.05, 4.69) is 36.3 Å². The van der Waals surface area contributed by atoms with Crippen LogP contribution < -0.4 is 0 Å². The molecule has 0 spiro atoms. The number of rotatable bonds is 1. The zero-order valence-corrected chi connectivity index (χ0v) is 11.9. The van der Waals surface area contributed by atoms with Crippen LogP contribution in [-0.4, -0.2) is 9.78 Å². The van der Waals surface area contributed by atoms with Gasteiger partial charge in [-0.25, -0.2) is 0 Å². The van der Waals surface area contributed by atoms with Crippen molar-refractivity contribution in [3.8, 4) is 11.1 Å². The summed E-state index contributed by atoms with van der Waals surface area (Å²) in [6, 6.07) is 8.46. The van der Waals surface area contributed by atoms with Gasteiger partial charge in [0.05, 0.1) is 6.20 Å². The summed E-state index contributed by atoms with van der Waals surface area (Å²) in [5.41, 5.74) is 3.67. The quantitative estimate of drug-likeness (QED) is 0.710. The Morgan fingerprint density at radius 2 is 1.41 bits per heavy atom. The van der Waals surface area contributed by atoms with Crippen LogP contribution in [0.3, 0.4) is 0 Å². The molecule has 2 rings (SSSR count). The van der Waals surface area contributed by atoms with E-state index in [0.29, 0.717) is 0 Å². The molecule has 0 atom stereocenters. The molecular weight excluding hydrogens is 208 g/mol. The van der Waals surface area contributed by atoms with Gasteiger partial charge in [0, 0.05) is 18.8 Å². The minimum atomic E-state index is 1.17. The van der Waals surface area contributed by atoms with Crippen molar-refractivity contribution in [2.75, 3.05) is 0 Å². The first-order valence-electron chi connectivity index (χ1n) is 6.31. The van der Waals surface area contributed by atoms with E-state index in [1.165, 1.54) is 16.7 Å². The maximum Gasteiger partial charge on any atom is 0.0568 e. The fourth-order valence-electron chi connectivity index (χ4n) is 1.32. The Morgan fingerprint density at radius 3 is 1.82 bits per heavy atom. The molecule has 17 heavy (non-hydrogen) atoms. The van der Waals surface area contributed by atoms with Gasteiger partial charge in [0.25, 0.3) is 0 Å². The summed E-state index contributed by atoms with van der Waals surface area (Å²) in [6.07, 6.45) is 3.90. The third kappa shape index (κ3) is 4.85. The largest absolute Gasteiger partial charge is 0.275 e. The van der Waals surface area contributed by atoms with Gasteiger partial charge in [-0.15, -0.1) is 0 Å². The lowest BCUT2D eigenvalue weighted by atomic mass is 10.1. The zero-order valence-electron chi connectivity index (χ0n) is 11.9. The lowest BCUT2D eigenvalue weighted by Gasteiger charge is -1.96. The van der Waals surface area contributed by atoms with Crippen LogP contribution in [0.1, 0.15) is 33.3 Å². The topological polar surface area (TPSA) is 17.8 Å². The van der Waals surface area contributed by atoms with E-state index in [1.807, 2.05) is 51.8 Å². The summed E-state index contributed by atoms with van der Waals surface area (Å²) in [5, 5.41) is 4.13. The first-order valence-corrected chi connectivity index (χ1v) is 6.31. The average molecular weight is 232 g/mol. The van der Waals surface area contributed by atoms with Crippen molar-refractivity contribution < 1.29 is 0 Å². The summed E-state index contributed by atoms with van der Waals surface area (Å²) in [5.74, 6) is 0. The van der Waals surface area contributed by atoms with Crippen molar-refractivity contribution in [1.82, 2.24) is 9.78 Å². The Hall–Kier alpha value is -1.57. The minimum Gasteiger partial charge on any atom is -0.275 e. The SMILES string of the molecule is CC.CC.Cc1ccc(-c2cnn(C)c2)cc1. The minimum absolute atomic E-state index is 1.17. The zero-order chi connectivity index (χ0) is 13.3. The van der Waals surface area contributed by atoms with Crippen LogP contribution in [0, 0.1) is 6.92 Å². The summed E-state index contributed by atoms with van der Waals surface area (Å²) in [6.45, 7) is 10.1. The molecule has 0 unspecified atom stereocenters. The second-order valence-electron chi connectivity index (χ2n) is 3.27. The van der Waals surface area contributed by atoms with Crippen LogP contribution in [0.2, 0.25) is 0 Å². The van der Waals surface area contributed by atoms with Crippen LogP contribution >= 0.6 is 0 Å². The number of nitrogens with zero attached hydrogens (tertiary/aromatic N) is 2. The number of aromatic nitrogens is 2. The molecule has 0 amide bonds.